The third kappa shape index (κ3) is 4.10. The second kappa shape index (κ2) is 9.59. The van der Waals surface area contributed by atoms with E-state index in [1.54, 1.807) is 23.3 Å². The van der Waals surface area contributed by atoms with Gasteiger partial charge in [-0.15, -0.1) is 0 Å². The van der Waals surface area contributed by atoms with Crippen LogP contribution in [0.1, 0.15) is 70.6 Å². The molecular weight excluding hydrogens is 363 g/mol. The number of hydrogen-bond donors (Lipinski definition) is 0. The van der Waals surface area contributed by atoms with Gasteiger partial charge in [0.15, 0.2) is 0 Å². The van der Waals surface area contributed by atoms with Crippen LogP contribution in [0, 0.1) is 0 Å². The zero-order valence-electron chi connectivity index (χ0n) is 17.6. The van der Waals surface area contributed by atoms with E-state index < -0.39 is 0 Å². The van der Waals surface area contributed by atoms with Crippen molar-refractivity contribution in [3.8, 4) is 0 Å². The molecule has 0 radical (unpaired) electrons. The zero-order valence-corrected chi connectivity index (χ0v) is 18.5. The predicted octanol–water partition coefficient (Wildman–Crippen LogP) is 7.35. The van der Waals surface area contributed by atoms with Crippen LogP contribution in [-0.2, 0) is 9.47 Å². The minimum Gasteiger partial charge on any atom is -0.496 e. The highest BCUT2D eigenvalue weighted by molar-refractivity contribution is 7.67. The monoisotopic (exact) mass is 398 g/mol. The Morgan fingerprint density at radius 3 is 2.50 bits per heavy atom. The first-order chi connectivity index (χ1) is 13.8. The van der Waals surface area contributed by atoms with Crippen molar-refractivity contribution in [1.29, 1.82) is 0 Å². The molecule has 0 aliphatic heterocycles. The van der Waals surface area contributed by atoms with Crippen LogP contribution in [0.5, 0.6) is 0 Å². The number of methoxy groups -OCH3 is 2. The first kappa shape index (κ1) is 20.2. The lowest BCUT2D eigenvalue weighted by Gasteiger charge is -2.37. The van der Waals surface area contributed by atoms with Gasteiger partial charge in [0.2, 0.25) is 0 Å². The van der Waals surface area contributed by atoms with Crippen molar-refractivity contribution in [2.45, 2.75) is 82.4 Å². The molecule has 152 valence electrons. The van der Waals surface area contributed by atoms with Crippen molar-refractivity contribution in [3.63, 3.8) is 0 Å². The molecule has 2 nitrogen and oxygen atoms in total. The molecule has 4 rings (SSSR count). The van der Waals surface area contributed by atoms with Crippen molar-refractivity contribution in [2.75, 3.05) is 14.2 Å². The SMILES string of the molecule is COC1=C(C2=C(P(C3=CCCC3)C3CCCCC3)C=CCC2)C(OC)CC=C1. The molecule has 1 fully saturated rings. The van der Waals surface area contributed by atoms with Crippen molar-refractivity contribution < 1.29 is 9.47 Å². The van der Waals surface area contributed by atoms with Crippen LogP contribution in [-0.4, -0.2) is 26.0 Å². The van der Waals surface area contributed by atoms with Gasteiger partial charge in [-0.3, -0.25) is 0 Å². The van der Waals surface area contributed by atoms with Crippen LogP contribution in [0.4, 0.5) is 0 Å². The van der Waals surface area contributed by atoms with Crippen molar-refractivity contribution in [2.24, 2.45) is 0 Å². The molecule has 0 bridgehead atoms. The Morgan fingerprint density at radius 2 is 1.79 bits per heavy atom. The molecule has 0 amide bonds. The van der Waals surface area contributed by atoms with Gasteiger partial charge < -0.3 is 9.47 Å². The van der Waals surface area contributed by atoms with Crippen LogP contribution >= 0.6 is 7.92 Å². The Hall–Kier alpha value is -1.11. The van der Waals surface area contributed by atoms with Gasteiger partial charge in [-0.25, -0.2) is 0 Å². The van der Waals surface area contributed by atoms with E-state index in [0.29, 0.717) is 0 Å². The largest absolute Gasteiger partial charge is 0.496 e. The molecular formula is C25H35O2P. The summed E-state index contributed by atoms with van der Waals surface area (Å²) in [4.78, 5) is 0. The summed E-state index contributed by atoms with van der Waals surface area (Å²) in [6, 6.07) is 0. The molecule has 0 aromatic rings. The molecule has 0 heterocycles. The van der Waals surface area contributed by atoms with Crippen molar-refractivity contribution in [1.82, 2.24) is 0 Å². The van der Waals surface area contributed by atoms with E-state index in [9.17, 15) is 0 Å². The van der Waals surface area contributed by atoms with Crippen LogP contribution in [0.3, 0.4) is 0 Å². The highest BCUT2D eigenvalue weighted by Gasteiger charge is 2.34. The van der Waals surface area contributed by atoms with E-state index in [1.807, 2.05) is 7.11 Å². The Labute approximate surface area is 172 Å². The summed E-state index contributed by atoms with van der Waals surface area (Å²) in [7, 11) is 3.43. The second-order valence-corrected chi connectivity index (χ2v) is 10.9. The summed E-state index contributed by atoms with van der Waals surface area (Å²) in [5.41, 5.74) is 3.74. The zero-order chi connectivity index (χ0) is 19.3. The first-order valence-corrected chi connectivity index (χ1v) is 12.6. The van der Waals surface area contributed by atoms with E-state index in [1.165, 1.54) is 56.9 Å². The van der Waals surface area contributed by atoms with Gasteiger partial charge in [0.25, 0.3) is 0 Å². The summed E-state index contributed by atoms with van der Waals surface area (Å²) in [5.74, 6) is 1.01. The maximum Gasteiger partial charge on any atom is 0.124 e. The Bertz CT molecular complexity index is 719. The fourth-order valence-electron chi connectivity index (χ4n) is 5.35. The molecule has 0 spiro atoms. The minimum atomic E-state index is -0.226. The number of rotatable bonds is 6. The highest BCUT2D eigenvalue weighted by Crippen LogP contribution is 2.65. The highest BCUT2D eigenvalue weighted by atomic mass is 31.1. The van der Waals surface area contributed by atoms with E-state index in [-0.39, 0.29) is 14.0 Å². The van der Waals surface area contributed by atoms with Gasteiger partial charge in [-0.05, 0) is 87.2 Å². The Kier molecular flexibility index (Phi) is 6.91. The second-order valence-electron chi connectivity index (χ2n) is 8.40. The van der Waals surface area contributed by atoms with Gasteiger partial charge in [0.05, 0.1) is 13.2 Å². The van der Waals surface area contributed by atoms with Gasteiger partial charge in [0, 0.05) is 12.7 Å². The normalized spacial score (nSPS) is 27.4. The van der Waals surface area contributed by atoms with Gasteiger partial charge >= 0.3 is 0 Å². The third-order valence-corrected chi connectivity index (χ3v) is 9.92. The summed E-state index contributed by atoms with van der Waals surface area (Å²) >= 11 is 0. The lowest BCUT2D eigenvalue weighted by molar-refractivity contribution is 0.127. The van der Waals surface area contributed by atoms with Gasteiger partial charge in [-0.2, -0.15) is 0 Å². The first-order valence-electron chi connectivity index (χ1n) is 11.2. The standard InChI is InChI=1S/C25H35O2P/c1-26-22-16-10-17-23(27-2)25(22)21-15-8-9-18-24(21)28(20-13-6-7-14-20)19-11-4-3-5-12-19/h9-10,13,16,18-19,23H,3-8,11-12,14-15,17H2,1-2H3. The summed E-state index contributed by atoms with van der Waals surface area (Å²) in [5, 5.41) is 3.42. The van der Waals surface area contributed by atoms with E-state index in [4.69, 9.17) is 9.47 Å². The van der Waals surface area contributed by atoms with E-state index >= 15 is 0 Å². The average molecular weight is 399 g/mol. The minimum absolute atomic E-state index is 0.122. The van der Waals surface area contributed by atoms with E-state index in [0.717, 1.165) is 30.7 Å². The molecule has 4 aliphatic carbocycles. The van der Waals surface area contributed by atoms with Crippen LogP contribution in [0.25, 0.3) is 0 Å². The lowest BCUT2D eigenvalue weighted by Crippen LogP contribution is -2.22. The maximum absolute atomic E-state index is 5.93. The molecule has 28 heavy (non-hydrogen) atoms. The number of hydrogen-bond acceptors (Lipinski definition) is 2. The van der Waals surface area contributed by atoms with Crippen molar-refractivity contribution >= 4 is 7.92 Å². The molecule has 4 aliphatic rings. The molecule has 1 saturated carbocycles. The molecule has 0 aromatic carbocycles. The molecule has 3 heteroatoms. The predicted molar refractivity (Wildman–Crippen MR) is 120 cm³/mol. The van der Waals surface area contributed by atoms with Crippen LogP contribution in [0.15, 0.2) is 57.9 Å². The molecule has 0 aromatic heterocycles. The lowest BCUT2D eigenvalue weighted by atomic mass is 9.88. The molecule has 2 atom stereocenters. The van der Waals surface area contributed by atoms with Crippen LogP contribution < -0.4 is 0 Å². The summed E-state index contributed by atoms with van der Waals surface area (Å²) in [6.07, 6.45) is 26.2. The van der Waals surface area contributed by atoms with Crippen LogP contribution in [0.2, 0.25) is 0 Å². The fraction of sp³-hybridized carbons (Fsp3) is 0.600. The Balaban J connectivity index is 1.82. The maximum atomic E-state index is 5.93. The van der Waals surface area contributed by atoms with E-state index in [2.05, 4.69) is 30.4 Å². The quantitative estimate of drug-likeness (QED) is 0.436. The number of ether oxygens (including phenoxy) is 2. The average Bonchev–Trinajstić information content (AvgIpc) is 3.29. The molecule has 0 saturated heterocycles. The Morgan fingerprint density at radius 1 is 0.929 bits per heavy atom. The van der Waals surface area contributed by atoms with Crippen molar-refractivity contribution in [3.05, 3.63) is 57.9 Å². The third-order valence-electron chi connectivity index (χ3n) is 6.71. The van der Waals surface area contributed by atoms with Gasteiger partial charge in [0.1, 0.15) is 5.76 Å². The summed E-state index contributed by atoms with van der Waals surface area (Å²) < 4.78 is 11.8. The summed E-state index contributed by atoms with van der Waals surface area (Å²) in [6.45, 7) is 0. The smallest absolute Gasteiger partial charge is 0.124 e. The fourth-order valence-corrected chi connectivity index (χ4v) is 8.91. The number of allylic oxidation sites excluding steroid dienone is 6. The molecule has 2 unspecified atom stereocenters. The van der Waals surface area contributed by atoms with Gasteiger partial charge in [-0.1, -0.05) is 43.6 Å². The topological polar surface area (TPSA) is 18.5 Å². The molecule has 0 N–H and O–H groups in total.